The summed E-state index contributed by atoms with van der Waals surface area (Å²) in [6.07, 6.45) is 7.93. The molecule has 25 heavy (non-hydrogen) atoms. The quantitative estimate of drug-likeness (QED) is 0.471. The van der Waals surface area contributed by atoms with E-state index >= 15 is 0 Å². The lowest BCUT2D eigenvalue weighted by Gasteiger charge is -2.25. The van der Waals surface area contributed by atoms with Crippen molar-refractivity contribution >= 4 is 28.8 Å². The van der Waals surface area contributed by atoms with Crippen LogP contribution in [0.2, 0.25) is 5.02 Å². The van der Waals surface area contributed by atoms with E-state index in [4.69, 9.17) is 22.1 Å². The molecule has 1 aromatic rings. The number of methoxy groups -OCH3 is 1. The van der Waals surface area contributed by atoms with Crippen molar-refractivity contribution in [3.63, 3.8) is 0 Å². The van der Waals surface area contributed by atoms with Crippen molar-refractivity contribution < 1.29 is 13.9 Å². The van der Waals surface area contributed by atoms with E-state index < -0.39 is 11.8 Å². The Morgan fingerprint density at radius 1 is 1.44 bits per heavy atom. The summed E-state index contributed by atoms with van der Waals surface area (Å²) in [5, 5.41) is 0.251. The Bertz CT molecular complexity index is 797. The maximum atomic E-state index is 14.4. The van der Waals surface area contributed by atoms with Crippen molar-refractivity contribution in [1.82, 2.24) is 4.90 Å². The fourth-order valence-electron chi connectivity index (χ4n) is 2.61. The van der Waals surface area contributed by atoms with Crippen molar-refractivity contribution in [2.75, 3.05) is 12.8 Å². The molecule has 0 radical (unpaired) electrons. The van der Waals surface area contributed by atoms with Crippen molar-refractivity contribution in [2.24, 2.45) is 0 Å². The number of carbonyl (C=O) groups is 1. The zero-order chi connectivity index (χ0) is 18.6. The molecule has 1 aliphatic heterocycles. The topological polar surface area (TPSA) is 55.6 Å². The fraction of sp³-hybridized carbons (Fsp3) is 0.211. The number of carbonyl (C=O) groups excluding carboxylic acids is 1. The molecule has 0 unspecified atom stereocenters. The lowest BCUT2D eigenvalue weighted by atomic mass is 9.99. The normalized spacial score (nSPS) is 15.7. The molecule has 0 fully saturated rings. The van der Waals surface area contributed by atoms with E-state index in [0.29, 0.717) is 23.3 Å². The van der Waals surface area contributed by atoms with E-state index in [1.165, 1.54) is 19.4 Å². The summed E-state index contributed by atoms with van der Waals surface area (Å²) in [6.45, 7) is 5.73. The predicted octanol–water partition coefficient (Wildman–Crippen LogP) is 4.64. The predicted molar refractivity (Wildman–Crippen MR) is 98.9 cm³/mol. The Morgan fingerprint density at radius 2 is 2.16 bits per heavy atom. The third kappa shape index (κ3) is 3.77. The second-order valence-corrected chi connectivity index (χ2v) is 5.85. The first-order chi connectivity index (χ1) is 11.9. The van der Waals surface area contributed by atoms with E-state index in [1.807, 2.05) is 6.92 Å². The van der Waals surface area contributed by atoms with E-state index in [2.05, 4.69) is 6.58 Å². The third-order valence-electron chi connectivity index (χ3n) is 3.82. The molecule has 2 rings (SSSR count). The molecule has 0 aliphatic carbocycles. The monoisotopic (exact) mass is 362 g/mol. The van der Waals surface area contributed by atoms with Crippen LogP contribution in [0, 0.1) is 5.82 Å². The number of nitrogens with two attached hydrogens (primary N) is 1. The van der Waals surface area contributed by atoms with Crippen molar-refractivity contribution in [3.8, 4) is 0 Å². The maximum absolute atomic E-state index is 14.4. The summed E-state index contributed by atoms with van der Waals surface area (Å²) in [5.41, 5.74) is 7.55. The number of nitrogen functional groups attached to an aromatic ring is 1. The number of rotatable bonds is 5. The van der Waals surface area contributed by atoms with Gasteiger partial charge in [-0.05, 0) is 24.6 Å². The summed E-state index contributed by atoms with van der Waals surface area (Å²) in [6, 6.07) is 2.96. The SMILES string of the molecule is C=CN1C=C(c2c(Cl)ccc(N)c2F)C=C/C1=C(/CCC)C(=O)OC. The van der Waals surface area contributed by atoms with Gasteiger partial charge in [0.25, 0.3) is 0 Å². The van der Waals surface area contributed by atoms with Crippen LogP contribution in [0.1, 0.15) is 25.3 Å². The molecule has 132 valence electrons. The van der Waals surface area contributed by atoms with Crippen LogP contribution in [0.4, 0.5) is 10.1 Å². The molecule has 0 amide bonds. The average molecular weight is 363 g/mol. The smallest absolute Gasteiger partial charge is 0.335 e. The molecule has 4 nitrogen and oxygen atoms in total. The third-order valence-corrected chi connectivity index (χ3v) is 4.14. The minimum atomic E-state index is -0.582. The number of hydrogen-bond acceptors (Lipinski definition) is 4. The molecular weight excluding hydrogens is 343 g/mol. The highest BCUT2D eigenvalue weighted by Crippen LogP contribution is 2.34. The molecule has 0 bridgehead atoms. The molecule has 2 N–H and O–H groups in total. The van der Waals surface area contributed by atoms with E-state index in [-0.39, 0.29) is 16.3 Å². The minimum Gasteiger partial charge on any atom is -0.466 e. The highest BCUT2D eigenvalue weighted by Gasteiger charge is 2.22. The average Bonchev–Trinajstić information content (AvgIpc) is 2.62. The van der Waals surface area contributed by atoms with Crippen LogP contribution in [-0.2, 0) is 9.53 Å². The second kappa shape index (κ2) is 8.03. The number of esters is 1. The Morgan fingerprint density at radius 3 is 2.76 bits per heavy atom. The van der Waals surface area contributed by atoms with Crippen LogP contribution in [0.15, 0.2) is 54.5 Å². The van der Waals surface area contributed by atoms with Crippen LogP contribution >= 0.6 is 11.6 Å². The molecule has 0 atom stereocenters. The van der Waals surface area contributed by atoms with Crippen LogP contribution in [-0.4, -0.2) is 18.0 Å². The summed E-state index contributed by atoms with van der Waals surface area (Å²) in [7, 11) is 1.34. The number of benzene rings is 1. The van der Waals surface area contributed by atoms with Gasteiger partial charge in [0.2, 0.25) is 0 Å². The number of nitrogens with zero attached hydrogens (tertiary/aromatic N) is 1. The molecule has 1 heterocycles. The zero-order valence-corrected chi connectivity index (χ0v) is 14.9. The van der Waals surface area contributed by atoms with Crippen molar-refractivity contribution in [2.45, 2.75) is 19.8 Å². The number of allylic oxidation sites excluding steroid dienone is 3. The van der Waals surface area contributed by atoms with Crippen LogP contribution in [0.5, 0.6) is 0 Å². The highest BCUT2D eigenvalue weighted by molar-refractivity contribution is 6.32. The van der Waals surface area contributed by atoms with E-state index in [0.717, 1.165) is 6.42 Å². The standard InChI is InChI=1S/C19H20ClFN2O2/c1-4-6-13(19(24)25-3)16-10-7-12(11-23(16)5-2)17-14(20)8-9-15(22)18(17)21/h5,7-11H,2,4,6,22H2,1,3H3/b16-13+. The largest absolute Gasteiger partial charge is 0.466 e. The van der Waals surface area contributed by atoms with Gasteiger partial charge in [-0.15, -0.1) is 0 Å². The number of halogens is 2. The van der Waals surface area contributed by atoms with E-state index in [9.17, 15) is 9.18 Å². The summed E-state index contributed by atoms with van der Waals surface area (Å²) in [4.78, 5) is 13.7. The fourth-order valence-corrected chi connectivity index (χ4v) is 2.87. The van der Waals surface area contributed by atoms with E-state index in [1.54, 1.807) is 29.3 Å². The van der Waals surface area contributed by atoms with Gasteiger partial charge in [0.1, 0.15) is 0 Å². The molecule has 0 saturated carbocycles. The van der Waals surface area contributed by atoms with Crippen molar-refractivity contribution in [3.05, 3.63) is 70.9 Å². The van der Waals surface area contributed by atoms with Crippen LogP contribution in [0.3, 0.4) is 0 Å². The van der Waals surface area contributed by atoms with Gasteiger partial charge in [-0.1, -0.05) is 37.6 Å². The lowest BCUT2D eigenvalue weighted by Crippen LogP contribution is -2.18. The highest BCUT2D eigenvalue weighted by atomic mass is 35.5. The maximum Gasteiger partial charge on any atom is 0.335 e. The van der Waals surface area contributed by atoms with Gasteiger partial charge in [0.15, 0.2) is 5.82 Å². The van der Waals surface area contributed by atoms with Crippen LogP contribution < -0.4 is 5.73 Å². The Labute approximate surface area is 151 Å². The molecule has 0 aromatic heterocycles. The first-order valence-electron chi connectivity index (χ1n) is 7.80. The summed E-state index contributed by atoms with van der Waals surface area (Å²) >= 11 is 6.15. The van der Waals surface area contributed by atoms with Crippen molar-refractivity contribution in [1.29, 1.82) is 0 Å². The number of anilines is 1. The number of ether oxygens (including phenoxy) is 1. The Kier molecular flexibility index (Phi) is 6.04. The molecule has 1 aromatic carbocycles. The molecule has 0 saturated heterocycles. The Balaban J connectivity index is 2.55. The van der Waals surface area contributed by atoms with Gasteiger partial charge < -0.3 is 15.4 Å². The summed E-state index contributed by atoms with van der Waals surface area (Å²) < 4.78 is 19.3. The first kappa shape index (κ1) is 18.8. The Hall–Kier alpha value is -2.53. The zero-order valence-electron chi connectivity index (χ0n) is 14.2. The van der Waals surface area contributed by atoms with Gasteiger partial charge in [0, 0.05) is 23.5 Å². The lowest BCUT2D eigenvalue weighted by molar-refractivity contribution is -0.136. The second-order valence-electron chi connectivity index (χ2n) is 5.44. The van der Waals surface area contributed by atoms with Gasteiger partial charge >= 0.3 is 5.97 Å². The molecule has 0 spiro atoms. The van der Waals surface area contributed by atoms with Gasteiger partial charge in [-0.3, -0.25) is 0 Å². The molecule has 1 aliphatic rings. The summed E-state index contributed by atoms with van der Waals surface area (Å²) in [5.74, 6) is -0.986. The molecular formula is C19H20ClFN2O2. The first-order valence-corrected chi connectivity index (χ1v) is 8.18. The number of hydrogen-bond donors (Lipinski definition) is 1. The van der Waals surface area contributed by atoms with Gasteiger partial charge in [-0.25, -0.2) is 9.18 Å². The van der Waals surface area contributed by atoms with Gasteiger partial charge in [0.05, 0.1) is 29.1 Å². The van der Waals surface area contributed by atoms with Gasteiger partial charge in [-0.2, -0.15) is 0 Å². The molecule has 6 heteroatoms. The van der Waals surface area contributed by atoms with Crippen LogP contribution in [0.25, 0.3) is 5.57 Å². The minimum absolute atomic E-state index is 0.0152.